The lowest BCUT2D eigenvalue weighted by atomic mass is 10.1. The Morgan fingerprint density at radius 3 is 2.58 bits per heavy atom. The van der Waals surface area contributed by atoms with Crippen LogP contribution in [-0.4, -0.2) is 34.3 Å². The first-order chi connectivity index (χ1) is 11.7. The molecule has 1 aliphatic heterocycles. The van der Waals surface area contributed by atoms with Gasteiger partial charge in [-0.15, -0.1) is 5.10 Å². The van der Waals surface area contributed by atoms with E-state index in [4.69, 9.17) is 0 Å². The number of piperidine rings is 1. The molecule has 6 nitrogen and oxygen atoms in total. The van der Waals surface area contributed by atoms with Crippen molar-refractivity contribution < 1.29 is 0 Å². The Morgan fingerprint density at radius 2 is 1.88 bits per heavy atom. The molecule has 2 N–H and O–H groups in total. The summed E-state index contributed by atoms with van der Waals surface area (Å²) in [4.78, 5) is 6.91. The number of hydrogen-bond acceptors (Lipinski definition) is 6. The number of aromatic nitrogens is 3. The van der Waals surface area contributed by atoms with Gasteiger partial charge in [-0.2, -0.15) is 10.1 Å². The van der Waals surface area contributed by atoms with Crippen LogP contribution >= 0.6 is 0 Å². The van der Waals surface area contributed by atoms with Crippen LogP contribution in [0.4, 0.5) is 23.1 Å². The van der Waals surface area contributed by atoms with E-state index in [-0.39, 0.29) is 0 Å². The van der Waals surface area contributed by atoms with Crippen molar-refractivity contribution in [2.75, 3.05) is 28.6 Å². The molecule has 1 atom stereocenters. The predicted molar refractivity (Wildman–Crippen MR) is 99.0 cm³/mol. The van der Waals surface area contributed by atoms with Crippen LogP contribution in [0.25, 0.3) is 0 Å². The monoisotopic (exact) mass is 326 g/mol. The van der Waals surface area contributed by atoms with Crippen molar-refractivity contribution in [3.8, 4) is 0 Å². The highest BCUT2D eigenvalue weighted by Crippen LogP contribution is 2.23. The van der Waals surface area contributed by atoms with Crippen LogP contribution in [0.5, 0.6) is 0 Å². The Labute approximate surface area is 143 Å². The van der Waals surface area contributed by atoms with Gasteiger partial charge in [-0.25, -0.2) is 0 Å². The van der Waals surface area contributed by atoms with E-state index in [0.717, 1.165) is 31.0 Å². The van der Waals surface area contributed by atoms with Crippen molar-refractivity contribution in [2.24, 2.45) is 0 Å². The topological polar surface area (TPSA) is 66.0 Å². The third-order valence-corrected chi connectivity index (χ3v) is 4.41. The second-order valence-electron chi connectivity index (χ2n) is 6.34. The molecule has 128 valence electrons. The average Bonchev–Trinajstić information content (AvgIpc) is 2.63. The van der Waals surface area contributed by atoms with Crippen molar-refractivity contribution >= 4 is 23.1 Å². The molecule has 3 rings (SSSR count). The normalized spacial score (nSPS) is 15.8. The first-order valence-electron chi connectivity index (χ1n) is 8.83. The molecule has 1 fully saturated rings. The number of nitrogens with one attached hydrogen (secondary N) is 2. The molecular weight excluding hydrogens is 300 g/mol. The Bertz CT molecular complexity index is 636. The summed E-state index contributed by atoms with van der Waals surface area (Å²) in [5.41, 5.74) is 2.25. The fourth-order valence-electron chi connectivity index (χ4n) is 2.82. The maximum atomic E-state index is 4.46. The third kappa shape index (κ3) is 4.34. The van der Waals surface area contributed by atoms with E-state index < -0.39 is 0 Å². The fourth-order valence-corrected chi connectivity index (χ4v) is 2.82. The Balaban J connectivity index is 1.64. The lowest BCUT2D eigenvalue weighted by Crippen LogP contribution is -2.29. The van der Waals surface area contributed by atoms with Crippen molar-refractivity contribution in [2.45, 2.75) is 45.6 Å². The van der Waals surface area contributed by atoms with E-state index >= 15 is 0 Å². The van der Waals surface area contributed by atoms with Gasteiger partial charge in [0.15, 0.2) is 5.82 Å². The lowest BCUT2D eigenvalue weighted by Gasteiger charge is -2.28. The SMILES string of the molecule is CCC(C)Nc1cnnc(Nc2ccc(N3CCCCC3)cc2)n1. The second kappa shape index (κ2) is 7.95. The van der Waals surface area contributed by atoms with Gasteiger partial charge in [0.2, 0.25) is 5.95 Å². The largest absolute Gasteiger partial charge is 0.372 e. The van der Waals surface area contributed by atoms with Crippen molar-refractivity contribution in [1.82, 2.24) is 15.2 Å². The van der Waals surface area contributed by atoms with Gasteiger partial charge in [0.25, 0.3) is 0 Å². The zero-order valence-corrected chi connectivity index (χ0v) is 14.5. The maximum absolute atomic E-state index is 4.46. The first kappa shape index (κ1) is 16.5. The third-order valence-electron chi connectivity index (χ3n) is 4.41. The summed E-state index contributed by atoms with van der Waals surface area (Å²) in [6.07, 6.45) is 6.61. The van der Waals surface area contributed by atoms with Gasteiger partial charge < -0.3 is 15.5 Å². The average molecular weight is 326 g/mol. The van der Waals surface area contributed by atoms with Gasteiger partial charge in [0, 0.05) is 30.5 Å². The van der Waals surface area contributed by atoms with Crippen molar-refractivity contribution in [1.29, 1.82) is 0 Å². The van der Waals surface area contributed by atoms with Crippen molar-refractivity contribution in [3.05, 3.63) is 30.5 Å². The fraction of sp³-hybridized carbons (Fsp3) is 0.500. The van der Waals surface area contributed by atoms with Crippen LogP contribution < -0.4 is 15.5 Å². The summed E-state index contributed by atoms with van der Waals surface area (Å²) < 4.78 is 0. The highest BCUT2D eigenvalue weighted by molar-refractivity contribution is 5.59. The Kier molecular flexibility index (Phi) is 5.46. The standard InChI is InChI=1S/C18H26N6/c1-3-14(2)20-17-13-19-23-18(22-17)21-15-7-9-16(10-8-15)24-11-5-4-6-12-24/h7-10,13-14H,3-6,11-12H2,1-2H3,(H2,20,21,22,23). The molecule has 2 heterocycles. The molecule has 0 spiro atoms. The zero-order chi connectivity index (χ0) is 16.8. The number of hydrogen-bond donors (Lipinski definition) is 2. The summed E-state index contributed by atoms with van der Waals surface area (Å²) >= 11 is 0. The van der Waals surface area contributed by atoms with Gasteiger partial charge in [0.1, 0.15) is 0 Å². The predicted octanol–water partition coefficient (Wildman–Crippen LogP) is 3.82. The molecule has 1 aromatic carbocycles. The van der Waals surface area contributed by atoms with Crippen LogP contribution in [0.3, 0.4) is 0 Å². The minimum absolute atomic E-state index is 0.360. The number of anilines is 4. The summed E-state index contributed by atoms with van der Waals surface area (Å²) in [6, 6.07) is 8.81. The second-order valence-corrected chi connectivity index (χ2v) is 6.34. The molecule has 1 aliphatic rings. The summed E-state index contributed by atoms with van der Waals surface area (Å²) in [7, 11) is 0. The summed E-state index contributed by atoms with van der Waals surface area (Å²) in [6.45, 7) is 6.57. The van der Waals surface area contributed by atoms with Crippen LogP contribution in [0.1, 0.15) is 39.5 Å². The van der Waals surface area contributed by atoms with Crippen LogP contribution in [0.15, 0.2) is 30.5 Å². The molecule has 0 amide bonds. The molecular formula is C18H26N6. The van der Waals surface area contributed by atoms with Gasteiger partial charge in [-0.3, -0.25) is 0 Å². The summed E-state index contributed by atoms with van der Waals surface area (Å²) in [5.74, 6) is 1.25. The van der Waals surface area contributed by atoms with E-state index in [9.17, 15) is 0 Å². The molecule has 2 aromatic rings. The highest BCUT2D eigenvalue weighted by Gasteiger charge is 2.10. The van der Waals surface area contributed by atoms with Crippen LogP contribution in [0, 0.1) is 0 Å². The van der Waals surface area contributed by atoms with Gasteiger partial charge in [0.05, 0.1) is 6.20 Å². The smallest absolute Gasteiger partial charge is 0.249 e. The molecule has 24 heavy (non-hydrogen) atoms. The van der Waals surface area contributed by atoms with Crippen LogP contribution in [-0.2, 0) is 0 Å². The van der Waals surface area contributed by atoms with E-state index in [2.05, 4.69) is 68.8 Å². The molecule has 1 unspecified atom stereocenters. The summed E-state index contributed by atoms with van der Waals surface area (Å²) in [5, 5.41) is 14.6. The lowest BCUT2D eigenvalue weighted by molar-refractivity contribution is 0.578. The first-order valence-corrected chi connectivity index (χ1v) is 8.83. The van der Waals surface area contributed by atoms with E-state index in [1.54, 1.807) is 6.20 Å². The van der Waals surface area contributed by atoms with Gasteiger partial charge in [-0.05, 0) is 56.9 Å². The molecule has 0 aliphatic carbocycles. The van der Waals surface area contributed by atoms with Gasteiger partial charge in [-0.1, -0.05) is 6.92 Å². The molecule has 6 heteroatoms. The van der Waals surface area contributed by atoms with Crippen LogP contribution in [0.2, 0.25) is 0 Å². The number of benzene rings is 1. The molecule has 0 saturated carbocycles. The molecule has 1 aromatic heterocycles. The molecule has 0 radical (unpaired) electrons. The number of rotatable bonds is 6. The Hall–Kier alpha value is -2.37. The van der Waals surface area contributed by atoms with E-state index in [1.165, 1.54) is 24.9 Å². The minimum Gasteiger partial charge on any atom is -0.372 e. The van der Waals surface area contributed by atoms with Crippen molar-refractivity contribution in [3.63, 3.8) is 0 Å². The minimum atomic E-state index is 0.360. The quantitative estimate of drug-likeness (QED) is 0.841. The number of nitrogens with zero attached hydrogens (tertiary/aromatic N) is 4. The molecule has 1 saturated heterocycles. The van der Waals surface area contributed by atoms with Gasteiger partial charge >= 0.3 is 0 Å². The molecule has 0 bridgehead atoms. The van der Waals surface area contributed by atoms with E-state index in [1.807, 2.05) is 0 Å². The highest BCUT2D eigenvalue weighted by atomic mass is 15.3. The Morgan fingerprint density at radius 1 is 1.12 bits per heavy atom. The maximum Gasteiger partial charge on any atom is 0.249 e. The zero-order valence-electron chi connectivity index (χ0n) is 14.5. The van der Waals surface area contributed by atoms with E-state index in [0.29, 0.717) is 12.0 Å².